The third kappa shape index (κ3) is 2.83. The lowest BCUT2D eigenvalue weighted by Gasteiger charge is -2.30. The van der Waals surface area contributed by atoms with E-state index in [2.05, 4.69) is 50.1 Å². The van der Waals surface area contributed by atoms with E-state index in [1.807, 2.05) is 19.9 Å². The molecule has 0 aliphatic carbocycles. The highest BCUT2D eigenvalue weighted by Crippen LogP contribution is 2.34. The van der Waals surface area contributed by atoms with E-state index in [9.17, 15) is 5.26 Å². The molecule has 1 aliphatic heterocycles. The van der Waals surface area contributed by atoms with Crippen LogP contribution in [0.1, 0.15) is 19.4 Å². The molecule has 0 radical (unpaired) electrons. The number of benzene rings is 1. The van der Waals surface area contributed by atoms with Crippen LogP contribution in [-0.2, 0) is 5.41 Å². The molecule has 126 valence electrons. The molecule has 0 saturated carbocycles. The van der Waals surface area contributed by atoms with E-state index < -0.39 is 5.41 Å². The van der Waals surface area contributed by atoms with Gasteiger partial charge in [0.1, 0.15) is 0 Å². The normalized spacial score (nSPS) is 14.9. The number of aromatic amines is 1. The highest BCUT2D eigenvalue weighted by atomic mass is 15.1. The van der Waals surface area contributed by atoms with Crippen LogP contribution in [-0.4, -0.2) is 34.3 Å². The number of fused-ring (bicyclic) bond motifs is 1. The minimum absolute atomic E-state index is 0.430. The van der Waals surface area contributed by atoms with Gasteiger partial charge in [-0.15, -0.1) is 0 Å². The Kier molecular flexibility index (Phi) is 3.66. The summed E-state index contributed by atoms with van der Waals surface area (Å²) >= 11 is 0. The van der Waals surface area contributed by atoms with Gasteiger partial charge in [-0.05, 0) is 54.8 Å². The summed E-state index contributed by atoms with van der Waals surface area (Å²) in [6.07, 6.45) is 3.57. The van der Waals surface area contributed by atoms with Crippen molar-refractivity contribution in [2.45, 2.75) is 25.3 Å². The summed E-state index contributed by atoms with van der Waals surface area (Å²) < 4.78 is 0. The standard InChI is InChI=1S/C19H20N6/c1-19(2,11-20)13-5-12(6-14(7-13)24-15-8-21-9-15)16-3-4-22-18-17(16)10-23-25-18/h3-7,10,15,21,24H,8-9H2,1-2H3,(H,22,23,25). The second-order valence-corrected chi connectivity index (χ2v) is 7.03. The van der Waals surface area contributed by atoms with Gasteiger partial charge < -0.3 is 10.6 Å². The van der Waals surface area contributed by atoms with Crippen LogP contribution < -0.4 is 10.6 Å². The van der Waals surface area contributed by atoms with Crippen molar-refractivity contribution in [1.29, 1.82) is 5.26 Å². The Morgan fingerprint density at radius 1 is 1.28 bits per heavy atom. The zero-order chi connectivity index (χ0) is 17.4. The molecule has 0 atom stereocenters. The number of hydrogen-bond acceptors (Lipinski definition) is 5. The van der Waals surface area contributed by atoms with Crippen molar-refractivity contribution in [2.24, 2.45) is 0 Å². The van der Waals surface area contributed by atoms with E-state index >= 15 is 0 Å². The molecule has 3 N–H and O–H groups in total. The van der Waals surface area contributed by atoms with Crippen LogP contribution in [0.25, 0.3) is 22.2 Å². The number of H-pyrrole nitrogens is 1. The van der Waals surface area contributed by atoms with E-state index in [4.69, 9.17) is 0 Å². The lowest BCUT2D eigenvalue weighted by atomic mass is 9.84. The third-order valence-electron chi connectivity index (χ3n) is 4.75. The number of rotatable bonds is 4. The number of nitrogens with one attached hydrogen (secondary N) is 3. The number of aromatic nitrogens is 3. The van der Waals surface area contributed by atoms with Crippen molar-refractivity contribution < 1.29 is 0 Å². The quantitative estimate of drug-likeness (QED) is 0.683. The van der Waals surface area contributed by atoms with Gasteiger partial charge in [-0.1, -0.05) is 0 Å². The van der Waals surface area contributed by atoms with E-state index in [-0.39, 0.29) is 0 Å². The summed E-state index contributed by atoms with van der Waals surface area (Å²) in [4.78, 5) is 4.31. The molecule has 3 heterocycles. The average molecular weight is 332 g/mol. The fraction of sp³-hybridized carbons (Fsp3) is 0.316. The van der Waals surface area contributed by atoms with Crippen LogP contribution >= 0.6 is 0 Å². The first kappa shape index (κ1) is 15.6. The average Bonchev–Trinajstić information content (AvgIpc) is 3.06. The third-order valence-corrected chi connectivity index (χ3v) is 4.75. The predicted octanol–water partition coefficient (Wildman–Crippen LogP) is 2.81. The molecule has 0 bridgehead atoms. The van der Waals surface area contributed by atoms with Gasteiger partial charge in [0, 0.05) is 30.4 Å². The van der Waals surface area contributed by atoms with Gasteiger partial charge in [0.2, 0.25) is 0 Å². The number of nitriles is 1. The minimum atomic E-state index is -0.563. The molecule has 3 aromatic rings. The van der Waals surface area contributed by atoms with Crippen molar-refractivity contribution in [2.75, 3.05) is 18.4 Å². The molecule has 1 fully saturated rings. The van der Waals surface area contributed by atoms with Crippen LogP contribution in [0.15, 0.2) is 36.7 Å². The van der Waals surface area contributed by atoms with Gasteiger partial charge in [-0.25, -0.2) is 4.98 Å². The number of hydrogen-bond donors (Lipinski definition) is 3. The monoisotopic (exact) mass is 332 g/mol. The lowest BCUT2D eigenvalue weighted by molar-refractivity contribution is 0.472. The Balaban J connectivity index is 1.86. The SMILES string of the molecule is CC(C)(C#N)c1cc(NC2CNC2)cc(-c2ccnc3[nH]ncc23)c1. The molecule has 0 unspecified atom stereocenters. The molecule has 6 nitrogen and oxygen atoms in total. The van der Waals surface area contributed by atoms with Gasteiger partial charge in [-0.2, -0.15) is 10.4 Å². The molecule has 25 heavy (non-hydrogen) atoms. The Morgan fingerprint density at radius 2 is 2.12 bits per heavy atom. The summed E-state index contributed by atoms with van der Waals surface area (Å²) in [5, 5.41) is 24.4. The molecule has 0 amide bonds. The van der Waals surface area contributed by atoms with Crippen LogP contribution in [0.2, 0.25) is 0 Å². The Hall–Kier alpha value is -2.91. The molecule has 6 heteroatoms. The fourth-order valence-corrected chi connectivity index (χ4v) is 3.02. The summed E-state index contributed by atoms with van der Waals surface area (Å²) in [6, 6.07) is 11.1. The summed E-state index contributed by atoms with van der Waals surface area (Å²) in [6.45, 7) is 5.81. The van der Waals surface area contributed by atoms with Crippen LogP contribution in [0, 0.1) is 11.3 Å². The molecular weight excluding hydrogens is 312 g/mol. The zero-order valence-electron chi connectivity index (χ0n) is 14.3. The Labute approximate surface area is 146 Å². The first-order valence-corrected chi connectivity index (χ1v) is 8.39. The predicted molar refractivity (Wildman–Crippen MR) is 98.2 cm³/mol. The number of anilines is 1. The van der Waals surface area contributed by atoms with Crippen LogP contribution in [0.3, 0.4) is 0 Å². The lowest BCUT2D eigenvalue weighted by Crippen LogP contribution is -2.51. The summed E-state index contributed by atoms with van der Waals surface area (Å²) in [5.74, 6) is 0. The van der Waals surface area contributed by atoms with Crippen LogP contribution in [0.4, 0.5) is 5.69 Å². The molecule has 1 aromatic carbocycles. The van der Waals surface area contributed by atoms with Crippen molar-refractivity contribution >= 4 is 16.7 Å². The van der Waals surface area contributed by atoms with Gasteiger partial charge in [0.15, 0.2) is 5.65 Å². The van der Waals surface area contributed by atoms with Gasteiger partial charge in [0.25, 0.3) is 0 Å². The summed E-state index contributed by atoms with van der Waals surface area (Å²) in [5.41, 5.74) is 4.35. The first-order valence-electron chi connectivity index (χ1n) is 8.39. The summed E-state index contributed by atoms with van der Waals surface area (Å²) in [7, 11) is 0. The van der Waals surface area contributed by atoms with E-state index in [1.165, 1.54) is 0 Å². The van der Waals surface area contributed by atoms with Gasteiger partial charge in [0.05, 0.1) is 23.7 Å². The van der Waals surface area contributed by atoms with Gasteiger partial charge in [-0.3, -0.25) is 5.10 Å². The minimum Gasteiger partial charge on any atom is -0.380 e. The van der Waals surface area contributed by atoms with Crippen molar-refractivity contribution in [3.8, 4) is 17.2 Å². The molecule has 4 rings (SSSR count). The zero-order valence-corrected chi connectivity index (χ0v) is 14.3. The highest BCUT2D eigenvalue weighted by molar-refractivity contribution is 5.92. The van der Waals surface area contributed by atoms with Crippen LogP contribution in [0.5, 0.6) is 0 Å². The first-order chi connectivity index (χ1) is 12.1. The number of nitrogens with zero attached hydrogens (tertiary/aromatic N) is 3. The van der Waals surface area contributed by atoms with E-state index in [1.54, 1.807) is 12.4 Å². The van der Waals surface area contributed by atoms with E-state index in [0.29, 0.717) is 6.04 Å². The molecule has 0 spiro atoms. The maximum Gasteiger partial charge on any atom is 0.155 e. The smallest absolute Gasteiger partial charge is 0.155 e. The molecular formula is C19H20N6. The Bertz CT molecular complexity index is 961. The van der Waals surface area contributed by atoms with Crippen molar-refractivity contribution in [3.05, 3.63) is 42.2 Å². The van der Waals surface area contributed by atoms with Crippen molar-refractivity contribution in [1.82, 2.24) is 20.5 Å². The van der Waals surface area contributed by atoms with E-state index in [0.717, 1.165) is 46.5 Å². The highest BCUT2D eigenvalue weighted by Gasteiger charge is 2.23. The largest absolute Gasteiger partial charge is 0.380 e. The fourth-order valence-electron chi connectivity index (χ4n) is 3.02. The second kappa shape index (κ2) is 5.87. The molecule has 2 aromatic heterocycles. The topological polar surface area (TPSA) is 89.4 Å². The molecule has 1 aliphatic rings. The van der Waals surface area contributed by atoms with Gasteiger partial charge >= 0.3 is 0 Å². The molecule has 1 saturated heterocycles. The van der Waals surface area contributed by atoms with Crippen molar-refractivity contribution in [3.63, 3.8) is 0 Å². The second-order valence-electron chi connectivity index (χ2n) is 7.03. The maximum atomic E-state index is 9.57. The maximum absolute atomic E-state index is 9.57. The Morgan fingerprint density at radius 3 is 2.84 bits per heavy atom. The number of pyridine rings is 1.